The number of β-amino-alcohol motifs (C(OH)–C–C–N with tert-alkyl or cyclic N) is 1. The minimum Gasteiger partial charge on any atom is -0.464 e. The number of carbonyl (C=O) groups excluding carboxylic acids is 1. The van der Waals surface area contributed by atoms with Gasteiger partial charge in [0, 0.05) is 13.1 Å². The summed E-state index contributed by atoms with van der Waals surface area (Å²) in [4.78, 5) is 39.0. The largest absolute Gasteiger partial charge is 0.464 e. The number of fused-ring (bicyclic) bond motifs is 1. The Morgan fingerprint density at radius 3 is 2.58 bits per heavy atom. The molecule has 0 radical (unpaired) electrons. The molecule has 1 aliphatic rings. The second kappa shape index (κ2) is 8.39. The predicted molar refractivity (Wildman–Crippen MR) is 118 cm³/mol. The van der Waals surface area contributed by atoms with Crippen molar-refractivity contribution in [2.24, 2.45) is 0 Å². The van der Waals surface area contributed by atoms with Crippen molar-refractivity contribution in [3.8, 4) is 0 Å². The summed E-state index contributed by atoms with van der Waals surface area (Å²) in [6, 6.07) is 8.82. The maximum atomic E-state index is 12.8. The molecular formula is C23H25N3O5. The average Bonchev–Trinajstić information content (AvgIpc) is 3.33. The Kier molecular flexibility index (Phi) is 5.65. The van der Waals surface area contributed by atoms with Gasteiger partial charge in [-0.05, 0) is 37.1 Å². The molecule has 1 aromatic heterocycles. The van der Waals surface area contributed by atoms with Crippen LogP contribution in [0, 0.1) is 6.92 Å². The van der Waals surface area contributed by atoms with Gasteiger partial charge in [-0.15, -0.1) is 0 Å². The lowest BCUT2D eigenvalue weighted by molar-refractivity contribution is 0.0746. The van der Waals surface area contributed by atoms with E-state index in [1.807, 2.05) is 32.0 Å². The van der Waals surface area contributed by atoms with Gasteiger partial charge in [-0.2, -0.15) is 0 Å². The van der Waals surface area contributed by atoms with E-state index in [-0.39, 0.29) is 36.5 Å². The Morgan fingerprint density at radius 1 is 1.13 bits per heavy atom. The lowest BCUT2D eigenvalue weighted by atomic mass is 10.0. The third-order valence-electron chi connectivity index (χ3n) is 5.55. The first kappa shape index (κ1) is 20.9. The van der Waals surface area contributed by atoms with E-state index in [9.17, 15) is 19.5 Å². The normalized spacial score (nSPS) is 14.2. The van der Waals surface area contributed by atoms with Crippen LogP contribution in [0.15, 0.2) is 44.3 Å². The van der Waals surface area contributed by atoms with Crippen molar-refractivity contribution in [3.05, 3.63) is 73.4 Å². The molecule has 2 aromatic carbocycles. The van der Waals surface area contributed by atoms with Crippen molar-refractivity contribution in [1.29, 1.82) is 0 Å². The maximum Gasteiger partial charge on any atom is 0.256 e. The van der Waals surface area contributed by atoms with Gasteiger partial charge in [0.15, 0.2) is 0 Å². The van der Waals surface area contributed by atoms with Crippen LogP contribution in [-0.2, 0) is 6.54 Å². The zero-order chi connectivity index (χ0) is 22.1. The minimum absolute atomic E-state index is 0.125. The average molecular weight is 423 g/mol. The van der Waals surface area contributed by atoms with Crippen molar-refractivity contribution < 1.29 is 14.3 Å². The van der Waals surface area contributed by atoms with E-state index in [4.69, 9.17) is 4.42 Å². The standard InChI is InChI=1S/C23H25N3O5/c1-3-5-15(17-9-8-13(2)31-17)24-19-20(22(29)21(19)28)25-16-7-4-6-14-12-26(10-11-27)23(30)18(14)16/h4,6-9,15,24-25,27H,3,5,10-12H2,1-2H3/t15-/m1/s1. The number of nitrogens with zero attached hydrogens (tertiary/aromatic N) is 1. The molecule has 8 nitrogen and oxygen atoms in total. The number of rotatable bonds is 9. The molecule has 2 heterocycles. The molecular weight excluding hydrogens is 398 g/mol. The predicted octanol–water partition coefficient (Wildman–Crippen LogP) is 2.83. The van der Waals surface area contributed by atoms with Crippen LogP contribution in [0.25, 0.3) is 0 Å². The molecule has 0 saturated heterocycles. The fraction of sp³-hybridized carbons (Fsp3) is 0.348. The molecule has 0 spiro atoms. The number of hydrogen-bond acceptors (Lipinski definition) is 7. The molecule has 3 N–H and O–H groups in total. The van der Waals surface area contributed by atoms with Crippen LogP contribution < -0.4 is 21.5 Å². The third-order valence-corrected chi connectivity index (χ3v) is 5.55. The quantitative estimate of drug-likeness (QED) is 0.454. The molecule has 0 saturated carbocycles. The number of carbonyl (C=O) groups is 1. The molecule has 0 aliphatic carbocycles. The van der Waals surface area contributed by atoms with Crippen molar-refractivity contribution >= 4 is 23.0 Å². The third kappa shape index (κ3) is 3.74. The summed E-state index contributed by atoms with van der Waals surface area (Å²) >= 11 is 0. The number of nitrogens with one attached hydrogen (secondary N) is 2. The zero-order valence-corrected chi connectivity index (χ0v) is 17.5. The van der Waals surface area contributed by atoms with Gasteiger partial charge in [0.05, 0.1) is 23.9 Å². The smallest absolute Gasteiger partial charge is 0.256 e. The molecule has 4 rings (SSSR count). The number of amides is 1. The van der Waals surface area contributed by atoms with Crippen molar-refractivity contribution in [3.63, 3.8) is 0 Å². The van der Waals surface area contributed by atoms with Crippen molar-refractivity contribution in [2.45, 2.75) is 39.3 Å². The number of aliphatic hydroxyl groups is 1. The Balaban J connectivity index is 1.62. The molecule has 1 amide bonds. The first-order valence-electron chi connectivity index (χ1n) is 10.4. The van der Waals surface area contributed by atoms with Crippen LogP contribution >= 0.6 is 0 Å². The van der Waals surface area contributed by atoms with Gasteiger partial charge >= 0.3 is 0 Å². The number of benzene rings is 1. The lowest BCUT2D eigenvalue weighted by Gasteiger charge is -2.21. The molecule has 1 atom stereocenters. The van der Waals surface area contributed by atoms with Gasteiger partial charge in [-0.3, -0.25) is 14.4 Å². The summed E-state index contributed by atoms with van der Waals surface area (Å²) in [7, 11) is 0. The Labute approximate surface area is 179 Å². The van der Waals surface area contributed by atoms with Crippen LogP contribution in [0.2, 0.25) is 0 Å². The van der Waals surface area contributed by atoms with Gasteiger partial charge < -0.3 is 25.1 Å². The van der Waals surface area contributed by atoms with Crippen molar-refractivity contribution in [1.82, 2.24) is 4.90 Å². The van der Waals surface area contributed by atoms with Crippen LogP contribution in [0.4, 0.5) is 17.1 Å². The second-order valence-electron chi connectivity index (χ2n) is 7.76. The minimum atomic E-state index is -0.622. The highest BCUT2D eigenvalue weighted by Crippen LogP contribution is 2.33. The second-order valence-corrected chi connectivity index (χ2v) is 7.76. The van der Waals surface area contributed by atoms with E-state index in [2.05, 4.69) is 10.6 Å². The Hall–Kier alpha value is -3.39. The first-order valence-corrected chi connectivity index (χ1v) is 10.4. The molecule has 3 aromatic rings. The first-order chi connectivity index (χ1) is 14.9. The van der Waals surface area contributed by atoms with E-state index in [1.165, 1.54) is 0 Å². The van der Waals surface area contributed by atoms with Gasteiger partial charge in [-0.1, -0.05) is 25.5 Å². The van der Waals surface area contributed by atoms with Crippen molar-refractivity contribution in [2.75, 3.05) is 23.8 Å². The van der Waals surface area contributed by atoms with Gasteiger partial charge in [0.2, 0.25) is 0 Å². The number of hydrogen-bond donors (Lipinski definition) is 3. The Morgan fingerprint density at radius 2 is 1.90 bits per heavy atom. The highest BCUT2D eigenvalue weighted by Gasteiger charge is 2.31. The summed E-state index contributed by atoms with van der Waals surface area (Å²) in [6.45, 7) is 4.39. The van der Waals surface area contributed by atoms with Crippen LogP contribution in [0.3, 0.4) is 0 Å². The van der Waals surface area contributed by atoms with E-state index < -0.39 is 10.9 Å². The monoisotopic (exact) mass is 423 g/mol. The maximum absolute atomic E-state index is 12.8. The number of anilines is 3. The highest BCUT2D eigenvalue weighted by molar-refractivity contribution is 6.04. The van der Waals surface area contributed by atoms with E-state index >= 15 is 0 Å². The number of furan rings is 1. The Bertz CT molecular complexity index is 1190. The molecule has 8 heteroatoms. The molecule has 0 unspecified atom stereocenters. The number of aryl methyl sites for hydroxylation is 1. The van der Waals surface area contributed by atoms with Gasteiger partial charge in [0.25, 0.3) is 16.8 Å². The zero-order valence-electron chi connectivity index (χ0n) is 17.5. The fourth-order valence-electron chi connectivity index (χ4n) is 4.00. The number of aliphatic hydroxyl groups excluding tert-OH is 1. The van der Waals surface area contributed by atoms with Gasteiger partial charge in [-0.25, -0.2) is 0 Å². The summed E-state index contributed by atoms with van der Waals surface area (Å²) in [5.41, 5.74) is 0.882. The van der Waals surface area contributed by atoms with E-state index in [0.717, 1.165) is 24.2 Å². The molecule has 0 bridgehead atoms. The summed E-state index contributed by atoms with van der Waals surface area (Å²) in [5.74, 6) is 1.26. The lowest BCUT2D eigenvalue weighted by Crippen LogP contribution is -2.37. The van der Waals surface area contributed by atoms with Crippen LogP contribution in [0.1, 0.15) is 53.2 Å². The summed E-state index contributed by atoms with van der Waals surface area (Å²) in [5, 5.41) is 15.4. The SMILES string of the molecule is CCC[C@@H](Nc1c(Nc2cccc3c2C(=O)N(CCO)C3)c(=O)c1=O)c1ccc(C)o1. The fourth-order valence-corrected chi connectivity index (χ4v) is 4.00. The molecule has 162 valence electrons. The van der Waals surface area contributed by atoms with E-state index in [1.54, 1.807) is 17.0 Å². The highest BCUT2D eigenvalue weighted by atomic mass is 16.3. The van der Waals surface area contributed by atoms with Crippen LogP contribution in [-0.4, -0.2) is 29.1 Å². The van der Waals surface area contributed by atoms with Crippen LogP contribution in [0.5, 0.6) is 0 Å². The molecule has 1 aliphatic heterocycles. The van der Waals surface area contributed by atoms with E-state index in [0.29, 0.717) is 23.6 Å². The molecule has 0 fully saturated rings. The molecule has 31 heavy (non-hydrogen) atoms. The topological polar surface area (TPSA) is 112 Å². The summed E-state index contributed by atoms with van der Waals surface area (Å²) < 4.78 is 5.72. The summed E-state index contributed by atoms with van der Waals surface area (Å²) in [6.07, 6.45) is 1.58. The van der Waals surface area contributed by atoms with Gasteiger partial charge in [0.1, 0.15) is 22.9 Å².